The third-order valence-corrected chi connectivity index (χ3v) is 5.47. The third kappa shape index (κ3) is 4.98. The van der Waals surface area contributed by atoms with Crippen molar-refractivity contribution in [1.82, 2.24) is 19.7 Å². The lowest BCUT2D eigenvalue weighted by atomic mass is 10.1. The molecular weight excluding hydrogens is 316 g/mol. The van der Waals surface area contributed by atoms with Crippen molar-refractivity contribution in [1.29, 1.82) is 0 Å². The summed E-state index contributed by atoms with van der Waals surface area (Å²) in [6.45, 7) is 7.57. The number of aromatic nitrogens is 1. The molecule has 2 atom stereocenters. The second-order valence-electron chi connectivity index (χ2n) is 7.40. The first-order valence-electron chi connectivity index (χ1n) is 9.61. The Kier molecular flexibility index (Phi) is 6.37. The number of urea groups is 1. The van der Waals surface area contributed by atoms with E-state index in [1.807, 2.05) is 0 Å². The van der Waals surface area contributed by atoms with Crippen LogP contribution in [0, 0.1) is 0 Å². The summed E-state index contributed by atoms with van der Waals surface area (Å²) in [4.78, 5) is 17.2. The summed E-state index contributed by atoms with van der Waals surface area (Å²) in [7, 11) is 2.07. The first kappa shape index (κ1) is 18.3. The molecule has 0 aromatic carbocycles. The SMILES string of the molecule is C[C@H](CCc1cccn1C)NC(=O)N1CCC[C@H]1CN1CCOCC1. The van der Waals surface area contributed by atoms with Gasteiger partial charge in [0.2, 0.25) is 0 Å². The van der Waals surface area contributed by atoms with Gasteiger partial charge in [-0.2, -0.15) is 0 Å². The van der Waals surface area contributed by atoms with Crippen LogP contribution in [0.15, 0.2) is 18.3 Å². The van der Waals surface area contributed by atoms with Gasteiger partial charge in [-0.25, -0.2) is 4.79 Å². The van der Waals surface area contributed by atoms with Crippen LogP contribution in [0.25, 0.3) is 0 Å². The molecule has 6 nitrogen and oxygen atoms in total. The second-order valence-corrected chi connectivity index (χ2v) is 7.40. The molecule has 3 heterocycles. The Bertz CT molecular complexity index is 553. The van der Waals surface area contributed by atoms with Gasteiger partial charge >= 0.3 is 6.03 Å². The average Bonchev–Trinajstić information content (AvgIpc) is 3.23. The molecule has 0 bridgehead atoms. The van der Waals surface area contributed by atoms with Crippen LogP contribution < -0.4 is 5.32 Å². The molecule has 1 aromatic rings. The van der Waals surface area contributed by atoms with Crippen LogP contribution in [0.3, 0.4) is 0 Å². The molecular formula is C19H32N4O2. The maximum atomic E-state index is 12.7. The molecule has 1 N–H and O–H groups in total. The predicted octanol–water partition coefficient (Wildman–Crippen LogP) is 1.85. The van der Waals surface area contributed by atoms with Crippen LogP contribution in [0.4, 0.5) is 4.79 Å². The van der Waals surface area contributed by atoms with E-state index >= 15 is 0 Å². The normalized spacial score (nSPS) is 23.0. The van der Waals surface area contributed by atoms with Gasteiger partial charge in [-0.05, 0) is 44.7 Å². The van der Waals surface area contributed by atoms with Crippen LogP contribution in [0.1, 0.15) is 31.9 Å². The minimum atomic E-state index is 0.107. The Morgan fingerprint density at radius 3 is 2.88 bits per heavy atom. The molecule has 2 fully saturated rings. The van der Waals surface area contributed by atoms with Gasteiger partial charge in [0.25, 0.3) is 0 Å². The van der Waals surface area contributed by atoms with E-state index < -0.39 is 0 Å². The van der Waals surface area contributed by atoms with Crippen molar-refractivity contribution in [2.75, 3.05) is 39.4 Å². The lowest BCUT2D eigenvalue weighted by molar-refractivity contribution is 0.0291. The fourth-order valence-corrected chi connectivity index (χ4v) is 3.86. The molecule has 0 radical (unpaired) electrons. The third-order valence-electron chi connectivity index (χ3n) is 5.47. The largest absolute Gasteiger partial charge is 0.379 e. The van der Waals surface area contributed by atoms with E-state index in [2.05, 4.69) is 52.0 Å². The minimum absolute atomic E-state index is 0.107. The molecule has 2 aliphatic rings. The molecule has 6 heteroatoms. The highest BCUT2D eigenvalue weighted by molar-refractivity contribution is 5.75. The quantitative estimate of drug-likeness (QED) is 0.854. The van der Waals surface area contributed by atoms with Gasteiger partial charge in [-0.15, -0.1) is 0 Å². The fourth-order valence-electron chi connectivity index (χ4n) is 3.86. The van der Waals surface area contributed by atoms with Crippen molar-refractivity contribution in [2.24, 2.45) is 7.05 Å². The highest BCUT2D eigenvalue weighted by Crippen LogP contribution is 2.19. The van der Waals surface area contributed by atoms with E-state index in [4.69, 9.17) is 4.74 Å². The molecule has 25 heavy (non-hydrogen) atoms. The van der Waals surface area contributed by atoms with Crippen LogP contribution in [0.5, 0.6) is 0 Å². The number of hydrogen-bond acceptors (Lipinski definition) is 3. The van der Waals surface area contributed by atoms with Crippen LogP contribution in [-0.4, -0.2) is 71.9 Å². The average molecular weight is 348 g/mol. The predicted molar refractivity (Wildman–Crippen MR) is 98.7 cm³/mol. The smallest absolute Gasteiger partial charge is 0.317 e. The fraction of sp³-hybridized carbons (Fsp3) is 0.737. The number of nitrogens with one attached hydrogen (secondary N) is 1. The van der Waals surface area contributed by atoms with Gasteiger partial charge in [-0.1, -0.05) is 0 Å². The van der Waals surface area contributed by atoms with Crippen LogP contribution in [0.2, 0.25) is 0 Å². The molecule has 3 rings (SSSR count). The van der Waals surface area contributed by atoms with Gasteiger partial charge in [0, 0.05) is 57.2 Å². The van der Waals surface area contributed by atoms with Crippen molar-refractivity contribution in [2.45, 2.75) is 44.7 Å². The van der Waals surface area contributed by atoms with E-state index in [-0.39, 0.29) is 12.1 Å². The Balaban J connectivity index is 1.45. The van der Waals surface area contributed by atoms with Gasteiger partial charge in [0.1, 0.15) is 0 Å². The van der Waals surface area contributed by atoms with E-state index in [1.54, 1.807) is 0 Å². The summed E-state index contributed by atoms with van der Waals surface area (Å²) >= 11 is 0. The van der Waals surface area contributed by atoms with Crippen LogP contribution >= 0.6 is 0 Å². The van der Waals surface area contributed by atoms with Crippen molar-refractivity contribution < 1.29 is 9.53 Å². The molecule has 2 saturated heterocycles. The topological polar surface area (TPSA) is 49.7 Å². The maximum Gasteiger partial charge on any atom is 0.317 e. The van der Waals surface area contributed by atoms with Crippen molar-refractivity contribution in [3.8, 4) is 0 Å². The van der Waals surface area contributed by atoms with Gasteiger partial charge in [0.05, 0.1) is 13.2 Å². The number of rotatable bonds is 6. The standard InChI is InChI=1S/C19H32N4O2/c1-16(7-8-17-5-3-9-21(17)2)20-19(24)23-10-4-6-18(23)15-22-11-13-25-14-12-22/h3,5,9,16,18H,4,6-8,10-15H2,1-2H3,(H,20,24)/t16-,18+/m1/s1. The summed E-state index contributed by atoms with van der Waals surface area (Å²) in [5, 5.41) is 3.21. The summed E-state index contributed by atoms with van der Waals surface area (Å²) in [6, 6.07) is 4.85. The number of amides is 2. The molecule has 2 aliphatic heterocycles. The second kappa shape index (κ2) is 8.72. The highest BCUT2D eigenvalue weighted by Gasteiger charge is 2.31. The van der Waals surface area contributed by atoms with Crippen molar-refractivity contribution in [3.05, 3.63) is 24.0 Å². The molecule has 140 valence electrons. The summed E-state index contributed by atoms with van der Waals surface area (Å²) in [5.74, 6) is 0. The molecule has 2 amide bonds. The Morgan fingerprint density at radius 1 is 1.36 bits per heavy atom. The number of ether oxygens (including phenoxy) is 1. The number of aryl methyl sites for hydroxylation is 2. The molecule has 0 spiro atoms. The Morgan fingerprint density at radius 2 is 2.16 bits per heavy atom. The molecule has 0 aliphatic carbocycles. The zero-order valence-corrected chi connectivity index (χ0v) is 15.6. The molecule has 0 saturated carbocycles. The minimum Gasteiger partial charge on any atom is -0.379 e. The number of hydrogen-bond donors (Lipinski definition) is 1. The first-order valence-corrected chi connectivity index (χ1v) is 9.61. The van der Waals surface area contributed by atoms with E-state index in [9.17, 15) is 4.79 Å². The number of morpholine rings is 1. The van der Waals surface area contributed by atoms with E-state index in [0.717, 1.165) is 65.1 Å². The lowest BCUT2D eigenvalue weighted by Gasteiger charge is -2.33. The highest BCUT2D eigenvalue weighted by atomic mass is 16.5. The summed E-state index contributed by atoms with van der Waals surface area (Å²) in [6.07, 6.45) is 6.25. The van der Waals surface area contributed by atoms with Gasteiger partial charge in [-0.3, -0.25) is 4.90 Å². The number of nitrogens with zero attached hydrogens (tertiary/aromatic N) is 3. The van der Waals surface area contributed by atoms with Gasteiger partial charge < -0.3 is 19.5 Å². The number of carbonyl (C=O) groups excluding carboxylic acids is 1. The molecule has 1 aromatic heterocycles. The van der Waals surface area contributed by atoms with Crippen LogP contribution in [-0.2, 0) is 18.2 Å². The Hall–Kier alpha value is -1.53. The zero-order chi connectivity index (χ0) is 17.6. The first-order chi connectivity index (χ1) is 12.1. The zero-order valence-electron chi connectivity index (χ0n) is 15.6. The summed E-state index contributed by atoms with van der Waals surface area (Å²) in [5.41, 5.74) is 1.31. The van der Waals surface area contributed by atoms with Crippen molar-refractivity contribution in [3.63, 3.8) is 0 Å². The lowest BCUT2D eigenvalue weighted by Crippen LogP contribution is -2.50. The van der Waals surface area contributed by atoms with E-state index in [0.29, 0.717) is 6.04 Å². The van der Waals surface area contributed by atoms with E-state index in [1.165, 1.54) is 5.69 Å². The molecule has 0 unspecified atom stereocenters. The maximum absolute atomic E-state index is 12.7. The monoisotopic (exact) mass is 348 g/mol. The number of likely N-dealkylation sites (tertiary alicyclic amines) is 1. The Labute approximate surface area is 151 Å². The number of carbonyl (C=O) groups is 1. The van der Waals surface area contributed by atoms with Crippen molar-refractivity contribution >= 4 is 6.03 Å². The van der Waals surface area contributed by atoms with Gasteiger partial charge in [0.15, 0.2) is 0 Å². The summed E-state index contributed by atoms with van der Waals surface area (Å²) < 4.78 is 7.57.